The van der Waals surface area contributed by atoms with Gasteiger partial charge in [-0.3, -0.25) is 10.1 Å². The zero-order chi connectivity index (χ0) is 16.9. The maximum Gasteiger partial charge on any atom is 0.319 e. The number of carbonyl (C=O) groups excluding carboxylic acids is 1. The van der Waals surface area contributed by atoms with Gasteiger partial charge in [-0.1, -0.05) is 11.6 Å². The Labute approximate surface area is 143 Å². The van der Waals surface area contributed by atoms with Crippen LogP contribution in [0.5, 0.6) is 0 Å². The van der Waals surface area contributed by atoms with Crippen LogP contribution in [-0.4, -0.2) is 26.2 Å². The average molecular weight is 343 g/mol. The number of pyridine rings is 1. The number of H-pyrrole nitrogens is 1. The van der Waals surface area contributed by atoms with Crippen molar-refractivity contribution >= 4 is 23.3 Å². The standard InChI is InChI=1S/C16H15ClN6O/c1-10(19-16(24)20-13-6-4-12(17)5-7-13)14-21-15(23-22-14)11-3-2-8-18-9-11/h2-10H,1H3,(H2,19,20,24)(H,21,22,23)/t10-/m1/s1. The lowest BCUT2D eigenvalue weighted by Gasteiger charge is -2.12. The lowest BCUT2D eigenvalue weighted by molar-refractivity contribution is 0.249. The largest absolute Gasteiger partial charge is 0.328 e. The average Bonchev–Trinajstić information content (AvgIpc) is 3.08. The number of urea groups is 1. The number of rotatable bonds is 4. The second kappa shape index (κ2) is 7.10. The third-order valence-corrected chi connectivity index (χ3v) is 3.53. The maximum atomic E-state index is 12.0. The van der Waals surface area contributed by atoms with Crippen LogP contribution in [0.2, 0.25) is 5.02 Å². The molecule has 0 fully saturated rings. The predicted octanol–water partition coefficient (Wildman–Crippen LogP) is 3.40. The number of hydrogen-bond donors (Lipinski definition) is 3. The molecule has 0 bridgehead atoms. The van der Waals surface area contributed by atoms with Crippen LogP contribution < -0.4 is 10.6 Å². The van der Waals surface area contributed by atoms with Crippen LogP contribution >= 0.6 is 11.6 Å². The minimum Gasteiger partial charge on any atom is -0.328 e. The second-order valence-electron chi connectivity index (χ2n) is 5.11. The molecule has 0 unspecified atom stereocenters. The summed E-state index contributed by atoms with van der Waals surface area (Å²) >= 11 is 5.81. The summed E-state index contributed by atoms with van der Waals surface area (Å²) in [5, 5.41) is 13.1. The first kappa shape index (κ1) is 15.9. The van der Waals surface area contributed by atoms with Crippen LogP contribution in [0, 0.1) is 0 Å². The molecule has 3 N–H and O–H groups in total. The number of aromatic nitrogens is 4. The molecule has 0 aliphatic rings. The van der Waals surface area contributed by atoms with Gasteiger partial charge in [0.05, 0.1) is 6.04 Å². The number of amides is 2. The van der Waals surface area contributed by atoms with E-state index < -0.39 is 0 Å². The molecular weight excluding hydrogens is 328 g/mol. The van der Waals surface area contributed by atoms with E-state index in [4.69, 9.17) is 11.6 Å². The Kier molecular flexibility index (Phi) is 4.72. The van der Waals surface area contributed by atoms with Gasteiger partial charge >= 0.3 is 6.03 Å². The Bertz CT molecular complexity index is 818. The molecule has 1 atom stereocenters. The second-order valence-corrected chi connectivity index (χ2v) is 5.55. The van der Waals surface area contributed by atoms with Gasteiger partial charge in [0.25, 0.3) is 0 Å². The van der Waals surface area contributed by atoms with Crippen molar-refractivity contribution in [1.82, 2.24) is 25.5 Å². The van der Waals surface area contributed by atoms with Crippen molar-refractivity contribution in [1.29, 1.82) is 0 Å². The Morgan fingerprint density at radius 3 is 2.75 bits per heavy atom. The van der Waals surface area contributed by atoms with Crippen molar-refractivity contribution < 1.29 is 4.79 Å². The zero-order valence-electron chi connectivity index (χ0n) is 12.8. The summed E-state index contributed by atoms with van der Waals surface area (Å²) in [6.07, 6.45) is 3.36. The van der Waals surface area contributed by atoms with Crippen LogP contribution in [0.15, 0.2) is 48.8 Å². The molecule has 0 spiro atoms. The monoisotopic (exact) mass is 342 g/mol. The van der Waals surface area contributed by atoms with E-state index in [1.54, 1.807) is 36.7 Å². The highest BCUT2D eigenvalue weighted by molar-refractivity contribution is 6.30. The quantitative estimate of drug-likeness (QED) is 0.677. The van der Waals surface area contributed by atoms with E-state index in [9.17, 15) is 4.79 Å². The van der Waals surface area contributed by atoms with Gasteiger partial charge in [-0.05, 0) is 43.3 Å². The topological polar surface area (TPSA) is 95.6 Å². The highest BCUT2D eigenvalue weighted by Gasteiger charge is 2.14. The third-order valence-electron chi connectivity index (χ3n) is 3.28. The number of carbonyl (C=O) groups is 1. The number of anilines is 1. The number of nitrogens with zero attached hydrogens (tertiary/aromatic N) is 3. The van der Waals surface area contributed by atoms with E-state index in [-0.39, 0.29) is 12.1 Å². The Hall–Kier alpha value is -2.93. The molecule has 0 saturated heterocycles. The SMILES string of the molecule is C[C@@H](NC(=O)Nc1ccc(Cl)cc1)c1nc(-c2cccnc2)n[nH]1. The first-order valence-corrected chi connectivity index (χ1v) is 7.65. The van der Waals surface area contributed by atoms with Crippen molar-refractivity contribution in [3.05, 3.63) is 59.6 Å². The van der Waals surface area contributed by atoms with Crippen molar-refractivity contribution in [3.63, 3.8) is 0 Å². The van der Waals surface area contributed by atoms with Crippen LogP contribution in [0.1, 0.15) is 18.8 Å². The normalized spacial score (nSPS) is 11.8. The van der Waals surface area contributed by atoms with Crippen molar-refractivity contribution in [2.24, 2.45) is 0 Å². The van der Waals surface area contributed by atoms with Gasteiger partial charge in [-0.25, -0.2) is 9.78 Å². The lowest BCUT2D eigenvalue weighted by atomic mass is 10.3. The fourth-order valence-electron chi connectivity index (χ4n) is 2.06. The molecule has 1 aromatic carbocycles. The van der Waals surface area contributed by atoms with Gasteiger partial charge in [0, 0.05) is 28.7 Å². The summed E-state index contributed by atoms with van der Waals surface area (Å²) < 4.78 is 0. The first-order chi connectivity index (χ1) is 11.6. The summed E-state index contributed by atoms with van der Waals surface area (Å²) in [4.78, 5) is 20.4. The van der Waals surface area contributed by atoms with E-state index in [1.165, 1.54) is 0 Å². The van der Waals surface area contributed by atoms with Crippen molar-refractivity contribution in [3.8, 4) is 11.4 Å². The molecular formula is C16H15ClN6O. The van der Waals surface area contributed by atoms with E-state index in [0.29, 0.717) is 22.4 Å². The first-order valence-electron chi connectivity index (χ1n) is 7.27. The Morgan fingerprint density at radius 2 is 2.04 bits per heavy atom. The highest BCUT2D eigenvalue weighted by atomic mass is 35.5. The number of benzene rings is 1. The number of halogens is 1. The molecule has 3 rings (SSSR count). The predicted molar refractivity (Wildman–Crippen MR) is 91.6 cm³/mol. The molecule has 2 amide bonds. The minimum absolute atomic E-state index is 0.338. The van der Waals surface area contributed by atoms with Crippen LogP contribution in [-0.2, 0) is 0 Å². The number of nitrogens with one attached hydrogen (secondary N) is 3. The van der Waals surface area contributed by atoms with Crippen LogP contribution in [0.4, 0.5) is 10.5 Å². The molecule has 2 heterocycles. The Balaban J connectivity index is 1.62. The lowest BCUT2D eigenvalue weighted by Crippen LogP contribution is -2.31. The molecule has 24 heavy (non-hydrogen) atoms. The van der Waals surface area contributed by atoms with Gasteiger partial charge in [0.15, 0.2) is 5.82 Å². The summed E-state index contributed by atoms with van der Waals surface area (Å²) in [7, 11) is 0. The number of aromatic amines is 1. The van der Waals surface area contributed by atoms with Gasteiger partial charge < -0.3 is 10.6 Å². The summed E-state index contributed by atoms with van der Waals surface area (Å²) in [6.45, 7) is 1.81. The van der Waals surface area contributed by atoms with Gasteiger partial charge in [-0.15, -0.1) is 0 Å². The van der Waals surface area contributed by atoms with Crippen LogP contribution in [0.3, 0.4) is 0 Å². The molecule has 3 aromatic rings. The zero-order valence-corrected chi connectivity index (χ0v) is 13.6. The van der Waals surface area contributed by atoms with Gasteiger partial charge in [0.1, 0.15) is 5.82 Å². The van der Waals surface area contributed by atoms with Crippen LogP contribution in [0.25, 0.3) is 11.4 Å². The third kappa shape index (κ3) is 3.88. The fraction of sp³-hybridized carbons (Fsp3) is 0.125. The fourth-order valence-corrected chi connectivity index (χ4v) is 2.18. The van der Waals surface area contributed by atoms with Gasteiger partial charge in [-0.2, -0.15) is 5.10 Å². The Morgan fingerprint density at radius 1 is 1.25 bits per heavy atom. The molecule has 0 aliphatic heterocycles. The molecule has 0 radical (unpaired) electrons. The maximum absolute atomic E-state index is 12.0. The van der Waals surface area contributed by atoms with E-state index >= 15 is 0 Å². The highest BCUT2D eigenvalue weighted by Crippen LogP contribution is 2.16. The molecule has 2 aromatic heterocycles. The summed E-state index contributed by atoms with van der Waals surface area (Å²) in [5.74, 6) is 1.09. The molecule has 0 saturated carbocycles. The van der Waals surface area contributed by atoms with Crippen molar-refractivity contribution in [2.75, 3.05) is 5.32 Å². The summed E-state index contributed by atoms with van der Waals surface area (Å²) in [6, 6.07) is 9.86. The molecule has 7 nitrogen and oxygen atoms in total. The van der Waals surface area contributed by atoms with E-state index in [2.05, 4.69) is 30.8 Å². The summed E-state index contributed by atoms with van der Waals surface area (Å²) in [5.41, 5.74) is 1.45. The smallest absolute Gasteiger partial charge is 0.319 e. The molecule has 122 valence electrons. The number of hydrogen-bond acceptors (Lipinski definition) is 4. The minimum atomic E-state index is -0.343. The van der Waals surface area contributed by atoms with Gasteiger partial charge in [0.2, 0.25) is 0 Å². The van der Waals surface area contributed by atoms with Crippen molar-refractivity contribution in [2.45, 2.75) is 13.0 Å². The van der Waals surface area contributed by atoms with E-state index in [0.717, 1.165) is 5.56 Å². The molecule has 0 aliphatic carbocycles. The van der Waals surface area contributed by atoms with E-state index in [1.807, 2.05) is 19.1 Å². The molecule has 8 heteroatoms.